The van der Waals surface area contributed by atoms with E-state index in [1.165, 1.54) is 0 Å². The number of halogens is 1. The average molecular weight is 341 g/mol. The highest BCUT2D eigenvalue weighted by Crippen LogP contribution is 2.32. The smallest absolute Gasteiger partial charge is 0.338 e. The lowest BCUT2D eigenvalue weighted by molar-refractivity contribution is 0.0526. The maximum atomic E-state index is 11.7. The lowest BCUT2D eigenvalue weighted by Gasteiger charge is -2.12. The van der Waals surface area contributed by atoms with Crippen molar-refractivity contribution in [1.82, 2.24) is 4.98 Å². The molecule has 3 aromatic rings. The van der Waals surface area contributed by atoms with Gasteiger partial charge in [0.05, 0.1) is 28.4 Å². The van der Waals surface area contributed by atoms with E-state index in [0.717, 1.165) is 27.8 Å². The summed E-state index contributed by atoms with van der Waals surface area (Å²) in [5.41, 5.74) is 4.19. The highest BCUT2D eigenvalue weighted by atomic mass is 35.5. The first-order chi connectivity index (χ1) is 11.6. The van der Waals surface area contributed by atoms with Gasteiger partial charge in [0.25, 0.3) is 0 Å². The predicted molar refractivity (Wildman–Crippen MR) is 97.2 cm³/mol. The van der Waals surface area contributed by atoms with E-state index < -0.39 is 0 Å². The van der Waals surface area contributed by atoms with Crippen molar-refractivity contribution in [3.8, 4) is 0 Å². The Bertz CT molecular complexity index is 892. The zero-order valence-corrected chi connectivity index (χ0v) is 14.2. The van der Waals surface area contributed by atoms with Gasteiger partial charge in [-0.2, -0.15) is 0 Å². The third-order valence-corrected chi connectivity index (χ3v) is 4.03. The molecule has 0 radical (unpaired) electrons. The molecule has 0 aliphatic rings. The molecular formula is C19H17ClN2O2. The van der Waals surface area contributed by atoms with E-state index in [0.29, 0.717) is 17.2 Å². The van der Waals surface area contributed by atoms with Crippen molar-refractivity contribution in [1.29, 1.82) is 0 Å². The molecule has 0 aliphatic carbocycles. The molecule has 1 aromatic heterocycles. The number of carbonyl (C=O) groups is 1. The first kappa shape index (κ1) is 16.3. The van der Waals surface area contributed by atoms with E-state index in [2.05, 4.69) is 10.3 Å². The molecule has 0 atom stereocenters. The Labute approximate surface area is 145 Å². The van der Waals surface area contributed by atoms with Crippen molar-refractivity contribution in [2.75, 3.05) is 11.9 Å². The van der Waals surface area contributed by atoms with Gasteiger partial charge < -0.3 is 10.1 Å². The number of aryl methyl sites for hydroxylation is 1. The molecule has 0 saturated heterocycles. The molecular weight excluding hydrogens is 324 g/mol. The third kappa shape index (κ3) is 3.19. The lowest BCUT2D eigenvalue weighted by atomic mass is 10.1. The van der Waals surface area contributed by atoms with Crippen LogP contribution in [-0.2, 0) is 4.74 Å². The molecule has 0 amide bonds. The van der Waals surface area contributed by atoms with E-state index in [1.54, 1.807) is 25.3 Å². The Hall–Kier alpha value is -2.59. The Balaban J connectivity index is 1.93. The third-order valence-electron chi connectivity index (χ3n) is 3.72. The number of nitrogens with one attached hydrogen (secondary N) is 1. The van der Waals surface area contributed by atoms with Crippen molar-refractivity contribution in [3.63, 3.8) is 0 Å². The van der Waals surface area contributed by atoms with Crippen LogP contribution in [0.1, 0.15) is 22.8 Å². The maximum absolute atomic E-state index is 11.7. The van der Waals surface area contributed by atoms with E-state index in [1.807, 2.05) is 37.3 Å². The summed E-state index contributed by atoms with van der Waals surface area (Å²) >= 11 is 6.36. The average Bonchev–Trinajstić information content (AvgIpc) is 2.59. The van der Waals surface area contributed by atoms with Crippen molar-refractivity contribution in [2.45, 2.75) is 13.8 Å². The molecule has 0 spiro atoms. The van der Waals surface area contributed by atoms with Gasteiger partial charge in [-0.15, -0.1) is 0 Å². The summed E-state index contributed by atoms with van der Waals surface area (Å²) < 4.78 is 4.99. The number of hydrogen-bond acceptors (Lipinski definition) is 4. The zero-order chi connectivity index (χ0) is 17.1. The number of nitrogens with zero attached hydrogens (tertiary/aromatic N) is 1. The van der Waals surface area contributed by atoms with Gasteiger partial charge in [0.2, 0.25) is 0 Å². The number of rotatable bonds is 4. The van der Waals surface area contributed by atoms with Gasteiger partial charge in [0.15, 0.2) is 0 Å². The molecule has 1 heterocycles. The number of hydrogen-bond donors (Lipinski definition) is 1. The van der Waals surface area contributed by atoms with Gasteiger partial charge in [-0.1, -0.05) is 17.7 Å². The van der Waals surface area contributed by atoms with Gasteiger partial charge in [-0.05, 0) is 55.8 Å². The second-order valence-electron chi connectivity index (χ2n) is 5.37. The Kier molecular flexibility index (Phi) is 4.67. The highest BCUT2D eigenvalue weighted by Gasteiger charge is 2.10. The molecule has 0 saturated carbocycles. The maximum Gasteiger partial charge on any atom is 0.338 e. The molecule has 0 fully saturated rings. The number of anilines is 2. The second kappa shape index (κ2) is 6.89. The monoisotopic (exact) mass is 340 g/mol. The van der Waals surface area contributed by atoms with Crippen LogP contribution >= 0.6 is 11.6 Å². The molecule has 2 aromatic carbocycles. The van der Waals surface area contributed by atoms with Crippen LogP contribution in [0.4, 0.5) is 11.4 Å². The molecule has 122 valence electrons. The Morgan fingerprint density at radius 3 is 2.62 bits per heavy atom. The van der Waals surface area contributed by atoms with Gasteiger partial charge >= 0.3 is 5.97 Å². The summed E-state index contributed by atoms with van der Waals surface area (Å²) in [6.45, 7) is 4.15. The molecule has 0 aliphatic heterocycles. The Morgan fingerprint density at radius 1 is 1.17 bits per heavy atom. The van der Waals surface area contributed by atoms with E-state index in [-0.39, 0.29) is 5.97 Å². The van der Waals surface area contributed by atoms with Crippen molar-refractivity contribution >= 4 is 39.8 Å². The number of carbonyl (C=O) groups excluding carboxylic acids is 1. The molecule has 24 heavy (non-hydrogen) atoms. The predicted octanol–water partition coefficient (Wildman–Crippen LogP) is 5.12. The topological polar surface area (TPSA) is 51.2 Å². The molecule has 1 N–H and O–H groups in total. The van der Waals surface area contributed by atoms with Crippen molar-refractivity contribution < 1.29 is 9.53 Å². The normalized spacial score (nSPS) is 10.6. The number of benzene rings is 2. The molecule has 3 rings (SSSR count). The quantitative estimate of drug-likeness (QED) is 0.670. The van der Waals surface area contributed by atoms with Crippen LogP contribution in [0, 0.1) is 6.92 Å². The Morgan fingerprint density at radius 2 is 1.92 bits per heavy atom. The first-order valence-electron chi connectivity index (χ1n) is 7.68. The number of aromatic nitrogens is 1. The fraction of sp³-hybridized carbons (Fsp3) is 0.158. The van der Waals surface area contributed by atoms with Crippen LogP contribution in [0.5, 0.6) is 0 Å². The zero-order valence-electron chi connectivity index (χ0n) is 13.5. The van der Waals surface area contributed by atoms with Crippen LogP contribution in [0.25, 0.3) is 10.9 Å². The molecule has 0 bridgehead atoms. The summed E-state index contributed by atoms with van der Waals surface area (Å²) in [5.74, 6) is -0.322. The fourth-order valence-corrected chi connectivity index (χ4v) is 2.78. The van der Waals surface area contributed by atoms with E-state index in [9.17, 15) is 4.79 Å². The van der Waals surface area contributed by atoms with Crippen molar-refractivity contribution in [3.05, 3.63) is 64.8 Å². The van der Waals surface area contributed by atoms with Crippen LogP contribution in [0.15, 0.2) is 48.7 Å². The van der Waals surface area contributed by atoms with Gasteiger partial charge in [0, 0.05) is 17.3 Å². The van der Waals surface area contributed by atoms with E-state index >= 15 is 0 Å². The van der Waals surface area contributed by atoms with Crippen LogP contribution in [-0.4, -0.2) is 17.6 Å². The lowest BCUT2D eigenvalue weighted by Crippen LogP contribution is -2.04. The number of fused-ring (bicyclic) bond motifs is 1. The number of ether oxygens (including phenoxy) is 1. The fourth-order valence-electron chi connectivity index (χ4n) is 2.53. The van der Waals surface area contributed by atoms with Gasteiger partial charge in [-0.25, -0.2) is 4.79 Å². The second-order valence-corrected chi connectivity index (χ2v) is 5.78. The molecule has 5 heteroatoms. The minimum absolute atomic E-state index is 0.322. The summed E-state index contributed by atoms with van der Waals surface area (Å²) in [5, 5.41) is 4.87. The largest absolute Gasteiger partial charge is 0.462 e. The van der Waals surface area contributed by atoms with Gasteiger partial charge in [0.1, 0.15) is 0 Å². The number of esters is 1. The van der Waals surface area contributed by atoms with E-state index in [4.69, 9.17) is 16.3 Å². The summed E-state index contributed by atoms with van der Waals surface area (Å²) in [6.07, 6.45) is 1.75. The standard InChI is InChI=1S/C19H17ClN2O2/c1-3-24-19(23)13-5-7-14(8-6-13)22-16-10-11-21-18-12(2)4-9-15(20)17(16)18/h4-11H,3H2,1-2H3,(H,21,22). The van der Waals surface area contributed by atoms with Crippen molar-refractivity contribution in [2.24, 2.45) is 0 Å². The minimum Gasteiger partial charge on any atom is -0.462 e. The van der Waals surface area contributed by atoms with Gasteiger partial charge in [-0.3, -0.25) is 4.98 Å². The van der Waals surface area contributed by atoms with Crippen LogP contribution < -0.4 is 5.32 Å². The molecule has 0 unspecified atom stereocenters. The highest BCUT2D eigenvalue weighted by molar-refractivity contribution is 6.36. The van der Waals surface area contributed by atoms with Crippen LogP contribution in [0.2, 0.25) is 5.02 Å². The SMILES string of the molecule is CCOC(=O)c1ccc(Nc2ccnc3c(C)ccc(Cl)c23)cc1. The number of pyridine rings is 1. The van der Waals surface area contributed by atoms with Crippen LogP contribution in [0.3, 0.4) is 0 Å². The summed E-state index contributed by atoms with van der Waals surface area (Å²) in [4.78, 5) is 16.1. The summed E-state index contributed by atoms with van der Waals surface area (Å²) in [7, 11) is 0. The summed E-state index contributed by atoms with van der Waals surface area (Å²) in [6, 6.07) is 12.8. The first-order valence-corrected chi connectivity index (χ1v) is 8.06. The molecule has 4 nitrogen and oxygen atoms in total. The minimum atomic E-state index is -0.322.